The Balaban J connectivity index is 2.51. The molecule has 21 heavy (non-hydrogen) atoms. The van der Waals surface area contributed by atoms with Crippen LogP contribution in [0.2, 0.25) is 0 Å². The number of carboxylic acid groups (broad SMARTS) is 1. The Kier molecular flexibility index (Phi) is 4.06. The second kappa shape index (κ2) is 5.49. The standard InChI is InChI=1S/C12H9F2NO4S2/c1-6-4-20-10(15-6)5-21(18,19)9-3-7(12(16)17)2-8(13)11(9)14/h2-4H,5H2,1H3,(H,16,17). The van der Waals surface area contributed by atoms with Gasteiger partial charge in [-0.1, -0.05) is 0 Å². The van der Waals surface area contributed by atoms with E-state index in [1.807, 2.05) is 0 Å². The van der Waals surface area contributed by atoms with Crippen LogP contribution in [0.25, 0.3) is 0 Å². The summed E-state index contributed by atoms with van der Waals surface area (Å²) >= 11 is 1.07. The van der Waals surface area contributed by atoms with E-state index in [2.05, 4.69) is 4.98 Å². The first-order valence-corrected chi connectivity index (χ1v) is 8.10. The Morgan fingerprint density at radius 3 is 2.57 bits per heavy atom. The largest absolute Gasteiger partial charge is 0.478 e. The Hall–Kier alpha value is -1.87. The minimum Gasteiger partial charge on any atom is -0.478 e. The molecule has 9 heteroatoms. The fourth-order valence-electron chi connectivity index (χ4n) is 1.62. The fourth-order valence-corrected chi connectivity index (χ4v) is 4.14. The lowest BCUT2D eigenvalue weighted by molar-refractivity contribution is 0.0696. The third-order valence-corrected chi connectivity index (χ3v) is 5.33. The van der Waals surface area contributed by atoms with Gasteiger partial charge in [0.25, 0.3) is 0 Å². The fraction of sp³-hybridized carbons (Fsp3) is 0.167. The number of rotatable bonds is 4. The summed E-state index contributed by atoms with van der Waals surface area (Å²) < 4.78 is 51.3. The highest BCUT2D eigenvalue weighted by Crippen LogP contribution is 2.24. The lowest BCUT2D eigenvalue weighted by Crippen LogP contribution is -2.11. The second-order valence-electron chi connectivity index (χ2n) is 4.22. The van der Waals surface area contributed by atoms with Gasteiger partial charge in [-0.25, -0.2) is 27.0 Å². The van der Waals surface area contributed by atoms with Gasteiger partial charge < -0.3 is 5.11 Å². The van der Waals surface area contributed by atoms with Gasteiger partial charge in [-0.15, -0.1) is 11.3 Å². The van der Waals surface area contributed by atoms with Crippen LogP contribution in [0.15, 0.2) is 22.4 Å². The maximum Gasteiger partial charge on any atom is 0.335 e. The van der Waals surface area contributed by atoms with E-state index in [0.29, 0.717) is 17.8 Å². The van der Waals surface area contributed by atoms with Crippen molar-refractivity contribution in [2.24, 2.45) is 0 Å². The number of nitrogens with zero attached hydrogens (tertiary/aromatic N) is 1. The number of carbonyl (C=O) groups is 1. The molecule has 2 rings (SSSR count). The van der Waals surface area contributed by atoms with E-state index in [1.165, 1.54) is 0 Å². The maximum absolute atomic E-state index is 13.7. The summed E-state index contributed by atoms with van der Waals surface area (Å²) in [4.78, 5) is 13.8. The van der Waals surface area contributed by atoms with Gasteiger partial charge in [-0.05, 0) is 19.1 Å². The molecule has 0 saturated carbocycles. The van der Waals surface area contributed by atoms with Crippen molar-refractivity contribution in [3.63, 3.8) is 0 Å². The highest BCUT2D eigenvalue weighted by Gasteiger charge is 2.26. The van der Waals surface area contributed by atoms with Gasteiger partial charge in [-0.2, -0.15) is 0 Å². The molecule has 112 valence electrons. The number of benzene rings is 1. The maximum atomic E-state index is 13.7. The number of aromatic carboxylic acids is 1. The van der Waals surface area contributed by atoms with Crippen LogP contribution >= 0.6 is 11.3 Å². The predicted molar refractivity (Wildman–Crippen MR) is 71.1 cm³/mol. The monoisotopic (exact) mass is 333 g/mol. The van der Waals surface area contributed by atoms with Crippen LogP contribution in [0.3, 0.4) is 0 Å². The molecular weight excluding hydrogens is 324 g/mol. The van der Waals surface area contributed by atoms with Gasteiger partial charge in [-0.3, -0.25) is 0 Å². The summed E-state index contributed by atoms with van der Waals surface area (Å²) in [6.45, 7) is 1.66. The Morgan fingerprint density at radius 1 is 1.38 bits per heavy atom. The van der Waals surface area contributed by atoms with Crippen LogP contribution < -0.4 is 0 Å². The molecule has 0 spiro atoms. The number of thiazole rings is 1. The van der Waals surface area contributed by atoms with Gasteiger partial charge >= 0.3 is 5.97 Å². The molecule has 0 unspecified atom stereocenters. The van der Waals surface area contributed by atoms with Crippen molar-refractivity contribution < 1.29 is 27.1 Å². The van der Waals surface area contributed by atoms with Crippen LogP contribution in [0.1, 0.15) is 21.1 Å². The topological polar surface area (TPSA) is 84.3 Å². The first-order valence-electron chi connectivity index (χ1n) is 5.57. The average molecular weight is 333 g/mol. The van der Waals surface area contributed by atoms with Gasteiger partial charge in [0.15, 0.2) is 21.5 Å². The van der Waals surface area contributed by atoms with Crippen LogP contribution in [-0.4, -0.2) is 24.5 Å². The molecule has 0 saturated heterocycles. The average Bonchev–Trinajstić information content (AvgIpc) is 2.76. The Bertz CT molecular complexity index is 815. The van der Waals surface area contributed by atoms with Crippen molar-refractivity contribution in [2.45, 2.75) is 17.6 Å². The minimum absolute atomic E-state index is 0.216. The molecule has 0 aliphatic carbocycles. The Morgan fingerprint density at radius 2 is 2.05 bits per heavy atom. The molecule has 0 aliphatic rings. The van der Waals surface area contributed by atoms with Crippen molar-refractivity contribution in [3.05, 3.63) is 45.4 Å². The normalized spacial score (nSPS) is 11.6. The highest BCUT2D eigenvalue weighted by atomic mass is 32.2. The van der Waals surface area contributed by atoms with E-state index in [4.69, 9.17) is 5.11 Å². The van der Waals surface area contributed by atoms with Gasteiger partial charge in [0.05, 0.1) is 5.56 Å². The predicted octanol–water partition coefficient (Wildman–Crippen LogP) is 2.40. The summed E-state index contributed by atoms with van der Waals surface area (Å²) in [5, 5.41) is 10.6. The second-order valence-corrected chi connectivity index (χ2v) is 7.12. The third kappa shape index (κ3) is 3.24. The van der Waals surface area contributed by atoms with E-state index >= 15 is 0 Å². The van der Waals surface area contributed by atoms with Crippen LogP contribution in [0.4, 0.5) is 8.78 Å². The molecule has 1 heterocycles. The molecule has 0 fully saturated rings. The van der Waals surface area contributed by atoms with Crippen LogP contribution in [-0.2, 0) is 15.6 Å². The highest BCUT2D eigenvalue weighted by molar-refractivity contribution is 7.90. The number of aromatic nitrogens is 1. The van der Waals surface area contributed by atoms with E-state index in [0.717, 1.165) is 11.3 Å². The van der Waals surface area contributed by atoms with Crippen molar-refractivity contribution in [1.82, 2.24) is 4.98 Å². The van der Waals surface area contributed by atoms with Crippen molar-refractivity contribution in [3.8, 4) is 0 Å². The van der Waals surface area contributed by atoms with E-state index in [1.54, 1.807) is 12.3 Å². The summed E-state index contributed by atoms with van der Waals surface area (Å²) in [5.41, 5.74) is -0.0288. The number of hydrogen-bond donors (Lipinski definition) is 1. The zero-order valence-corrected chi connectivity index (χ0v) is 12.3. The molecule has 1 aromatic carbocycles. The molecule has 1 aromatic heterocycles. The number of aryl methyl sites for hydroxylation is 1. The van der Waals surface area contributed by atoms with E-state index in [9.17, 15) is 22.0 Å². The van der Waals surface area contributed by atoms with Crippen molar-refractivity contribution in [2.75, 3.05) is 0 Å². The molecule has 0 atom stereocenters. The molecule has 5 nitrogen and oxygen atoms in total. The van der Waals surface area contributed by atoms with E-state index < -0.39 is 43.7 Å². The van der Waals surface area contributed by atoms with Gasteiger partial charge in [0.2, 0.25) is 0 Å². The zero-order chi connectivity index (χ0) is 15.8. The third-order valence-electron chi connectivity index (χ3n) is 2.56. The smallest absolute Gasteiger partial charge is 0.335 e. The van der Waals surface area contributed by atoms with Crippen LogP contribution in [0.5, 0.6) is 0 Å². The minimum atomic E-state index is -4.24. The van der Waals surface area contributed by atoms with Crippen molar-refractivity contribution >= 4 is 27.1 Å². The first kappa shape index (κ1) is 15.5. The molecule has 1 N–H and O–H groups in total. The molecule has 2 aromatic rings. The number of halogens is 2. The number of sulfone groups is 1. The lowest BCUT2D eigenvalue weighted by Gasteiger charge is -2.06. The first-order chi connectivity index (χ1) is 9.70. The molecule has 0 radical (unpaired) electrons. The Labute approximate surface area is 122 Å². The van der Waals surface area contributed by atoms with E-state index in [-0.39, 0.29) is 5.01 Å². The quantitative estimate of drug-likeness (QED) is 0.929. The summed E-state index contributed by atoms with van der Waals surface area (Å²) in [6, 6.07) is 1.04. The number of carboxylic acids is 1. The lowest BCUT2D eigenvalue weighted by atomic mass is 10.2. The molecular formula is C12H9F2NO4S2. The number of hydrogen-bond acceptors (Lipinski definition) is 5. The SMILES string of the molecule is Cc1csc(CS(=O)(=O)c2cc(C(=O)O)cc(F)c2F)n1. The van der Waals surface area contributed by atoms with Gasteiger partial charge in [0.1, 0.15) is 15.7 Å². The van der Waals surface area contributed by atoms with Crippen LogP contribution in [0, 0.1) is 18.6 Å². The summed E-state index contributed by atoms with van der Waals surface area (Å²) in [6.07, 6.45) is 0. The molecule has 0 bridgehead atoms. The molecule has 0 aliphatic heterocycles. The summed E-state index contributed by atoms with van der Waals surface area (Å²) in [7, 11) is -4.24. The van der Waals surface area contributed by atoms with Gasteiger partial charge in [0, 0.05) is 11.1 Å². The summed E-state index contributed by atoms with van der Waals surface area (Å²) in [5.74, 6) is -5.28. The zero-order valence-electron chi connectivity index (χ0n) is 10.6. The molecule has 0 amide bonds. The van der Waals surface area contributed by atoms with Crippen molar-refractivity contribution in [1.29, 1.82) is 0 Å².